The molecule has 0 aromatic heterocycles. The molecule has 6 rings (SSSR count). The fourth-order valence-electron chi connectivity index (χ4n) is 5.75. The third-order valence-electron chi connectivity index (χ3n) is 8.53. The minimum atomic E-state index is -4.39. The number of ether oxygens (including phenoxy) is 3. The Hall–Kier alpha value is -6.25. The van der Waals surface area contributed by atoms with Gasteiger partial charge >= 0.3 is 5.97 Å². The van der Waals surface area contributed by atoms with Crippen molar-refractivity contribution in [2.45, 2.75) is 30.8 Å². The number of nitrogens with zero attached hydrogens (tertiary/aromatic N) is 3. The molecular formula is C39H35N3O10S. The second-order valence-electron chi connectivity index (χ2n) is 12.1. The van der Waals surface area contributed by atoms with Crippen LogP contribution in [0.1, 0.15) is 27.0 Å². The van der Waals surface area contributed by atoms with E-state index in [0.29, 0.717) is 0 Å². The number of nitro benzene ring substituents is 1. The lowest BCUT2D eigenvalue weighted by atomic mass is 10.1. The number of carbonyl (C=O) groups is 2. The minimum absolute atomic E-state index is 0.110. The van der Waals surface area contributed by atoms with Gasteiger partial charge in [0.2, 0.25) is 15.8 Å². The van der Waals surface area contributed by atoms with Crippen LogP contribution in [0.4, 0.5) is 5.69 Å². The number of benzene rings is 5. The highest BCUT2D eigenvalue weighted by Gasteiger charge is 2.42. The van der Waals surface area contributed by atoms with Crippen molar-refractivity contribution in [2.75, 3.05) is 19.6 Å². The standard InChI is InChI=1S/C39H35N3O10S/c43-38(40-20-21-41(34(24-40)39(44)45)53(48,49)33-18-16-32(17-19-33)42(46)47)31-22-35(50-25-28-10-4-1-5-11-28)37(52-27-30-14-8-3-9-15-30)36(23-31)51-26-29-12-6-2-7-13-29/h1-19,22-23,34H,20-21,24-27H2,(H,44,45). The van der Waals surface area contributed by atoms with Gasteiger partial charge in [0, 0.05) is 37.3 Å². The predicted molar refractivity (Wildman–Crippen MR) is 193 cm³/mol. The average Bonchev–Trinajstić information content (AvgIpc) is 3.19. The highest BCUT2D eigenvalue weighted by molar-refractivity contribution is 7.89. The normalized spacial score (nSPS) is 14.6. The molecule has 272 valence electrons. The van der Waals surface area contributed by atoms with Crippen LogP contribution in [0, 0.1) is 10.1 Å². The van der Waals surface area contributed by atoms with E-state index < -0.39 is 39.4 Å². The molecule has 1 unspecified atom stereocenters. The van der Waals surface area contributed by atoms with Gasteiger partial charge in [0.25, 0.3) is 11.6 Å². The maximum absolute atomic E-state index is 14.2. The van der Waals surface area contributed by atoms with Gasteiger partial charge in [-0.1, -0.05) is 91.0 Å². The van der Waals surface area contributed by atoms with Crippen LogP contribution in [0.3, 0.4) is 0 Å². The number of carbonyl (C=O) groups excluding carboxylic acids is 1. The molecule has 0 saturated carbocycles. The minimum Gasteiger partial charge on any atom is -0.485 e. The molecule has 1 saturated heterocycles. The van der Waals surface area contributed by atoms with E-state index in [4.69, 9.17) is 14.2 Å². The summed E-state index contributed by atoms with van der Waals surface area (Å²) in [5.41, 5.74) is 2.40. The first kappa shape index (κ1) is 36.5. The molecular weight excluding hydrogens is 703 g/mol. The highest BCUT2D eigenvalue weighted by atomic mass is 32.2. The summed E-state index contributed by atoms with van der Waals surface area (Å²) in [7, 11) is -4.39. The molecule has 5 aromatic rings. The summed E-state index contributed by atoms with van der Waals surface area (Å²) in [4.78, 5) is 38.0. The third kappa shape index (κ3) is 8.80. The lowest BCUT2D eigenvalue weighted by Crippen LogP contribution is -2.59. The van der Waals surface area contributed by atoms with Gasteiger partial charge < -0.3 is 24.2 Å². The fourth-order valence-corrected chi connectivity index (χ4v) is 7.32. The Morgan fingerprint density at radius 1 is 0.717 bits per heavy atom. The number of hydrogen-bond donors (Lipinski definition) is 1. The van der Waals surface area contributed by atoms with Crippen LogP contribution < -0.4 is 14.2 Å². The molecule has 1 N–H and O–H groups in total. The summed E-state index contributed by atoms with van der Waals surface area (Å²) < 4.78 is 46.7. The quantitative estimate of drug-likeness (QED) is 0.107. The molecule has 0 spiro atoms. The summed E-state index contributed by atoms with van der Waals surface area (Å²) in [6.07, 6.45) is 0. The molecule has 0 radical (unpaired) electrons. The predicted octanol–water partition coefficient (Wildman–Crippen LogP) is 5.93. The zero-order valence-corrected chi connectivity index (χ0v) is 29.1. The second kappa shape index (κ2) is 16.4. The van der Waals surface area contributed by atoms with Gasteiger partial charge in [-0.15, -0.1) is 0 Å². The number of amides is 1. The van der Waals surface area contributed by atoms with Crippen LogP contribution >= 0.6 is 0 Å². The van der Waals surface area contributed by atoms with Crippen molar-refractivity contribution >= 4 is 27.6 Å². The zero-order valence-electron chi connectivity index (χ0n) is 28.3. The molecule has 0 aliphatic carbocycles. The lowest BCUT2D eigenvalue weighted by molar-refractivity contribution is -0.384. The van der Waals surface area contributed by atoms with Crippen molar-refractivity contribution in [2.24, 2.45) is 0 Å². The van der Waals surface area contributed by atoms with Crippen LogP contribution in [0.15, 0.2) is 132 Å². The number of rotatable bonds is 14. The van der Waals surface area contributed by atoms with E-state index in [1.54, 1.807) is 0 Å². The fraction of sp³-hybridized carbons (Fsp3) is 0.179. The highest BCUT2D eigenvalue weighted by Crippen LogP contribution is 2.41. The molecule has 1 atom stereocenters. The van der Waals surface area contributed by atoms with Crippen molar-refractivity contribution in [3.05, 3.63) is 160 Å². The van der Waals surface area contributed by atoms with Crippen molar-refractivity contribution in [3.63, 3.8) is 0 Å². The van der Waals surface area contributed by atoms with Crippen molar-refractivity contribution in [1.82, 2.24) is 9.21 Å². The van der Waals surface area contributed by atoms with E-state index in [1.165, 1.54) is 17.0 Å². The Morgan fingerprint density at radius 2 is 1.19 bits per heavy atom. The van der Waals surface area contributed by atoms with E-state index in [9.17, 15) is 33.2 Å². The zero-order chi connectivity index (χ0) is 37.4. The Kier molecular flexibility index (Phi) is 11.3. The van der Waals surface area contributed by atoms with Crippen molar-refractivity contribution in [1.29, 1.82) is 0 Å². The lowest BCUT2D eigenvalue weighted by Gasteiger charge is -2.38. The number of sulfonamides is 1. The number of aliphatic carboxylic acids is 1. The average molecular weight is 738 g/mol. The monoisotopic (exact) mass is 737 g/mol. The van der Waals surface area contributed by atoms with Crippen molar-refractivity contribution in [3.8, 4) is 17.2 Å². The molecule has 0 bridgehead atoms. The summed E-state index contributed by atoms with van der Waals surface area (Å²) in [6, 6.07) is 33.9. The van der Waals surface area contributed by atoms with Gasteiger partial charge in [-0.05, 0) is 41.0 Å². The van der Waals surface area contributed by atoms with Gasteiger partial charge in [0.05, 0.1) is 9.82 Å². The molecule has 1 fully saturated rings. The van der Waals surface area contributed by atoms with E-state index in [0.717, 1.165) is 45.3 Å². The summed E-state index contributed by atoms with van der Waals surface area (Å²) >= 11 is 0. The van der Waals surface area contributed by atoms with Gasteiger partial charge in [0.1, 0.15) is 25.9 Å². The largest absolute Gasteiger partial charge is 0.485 e. The number of piperazine rings is 1. The summed E-state index contributed by atoms with van der Waals surface area (Å²) in [5, 5.41) is 21.2. The van der Waals surface area contributed by atoms with E-state index in [1.807, 2.05) is 91.0 Å². The Balaban J connectivity index is 1.32. The SMILES string of the molecule is O=C(O)C1CN(C(=O)c2cc(OCc3ccccc3)c(OCc3ccccc3)c(OCc3ccccc3)c2)CCN1S(=O)(=O)c1ccc([N+](=O)[O-])cc1. The van der Waals surface area contributed by atoms with Crippen molar-refractivity contribution < 1.29 is 42.2 Å². The van der Waals surface area contributed by atoms with Gasteiger partial charge in [0.15, 0.2) is 11.5 Å². The van der Waals surface area contributed by atoms with Crippen LogP contribution in [-0.2, 0) is 34.6 Å². The topological polar surface area (TPSA) is 166 Å². The third-order valence-corrected chi connectivity index (χ3v) is 10.4. The summed E-state index contributed by atoms with van der Waals surface area (Å²) in [6.45, 7) is -0.496. The first-order valence-electron chi connectivity index (χ1n) is 16.6. The Bertz CT molecular complexity index is 2100. The molecule has 1 aliphatic rings. The van der Waals surface area contributed by atoms with E-state index in [-0.39, 0.29) is 66.3 Å². The second-order valence-corrected chi connectivity index (χ2v) is 14.0. The van der Waals surface area contributed by atoms with Crippen LogP contribution in [0.2, 0.25) is 0 Å². The first-order valence-corrected chi connectivity index (χ1v) is 18.0. The molecule has 53 heavy (non-hydrogen) atoms. The van der Waals surface area contributed by atoms with Crippen LogP contribution in [0.5, 0.6) is 17.2 Å². The number of hydrogen-bond acceptors (Lipinski definition) is 9. The number of nitro groups is 1. The number of carboxylic acid groups (broad SMARTS) is 1. The van der Waals surface area contributed by atoms with E-state index in [2.05, 4.69) is 0 Å². The summed E-state index contributed by atoms with van der Waals surface area (Å²) in [5.74, 6) is -1.34. The Morgan fingerprint density at radius 3 is 1.64 bits per heavy atom. The maximum Gasteiger partial charge on any atom is 0.323 e. The van der Waals surface area contributed by atoms with E-state index >= 15 is 0 Å². The maximum atomic E-state index is 14.2. The molecule has 5 aromatic carbocycles. The molecule has 1 amide bonds. The van der Waals surface area contributed by atoms with Crippen LogP contribution in [0.25, 0.3) is 0 Å². The van der Waals surface area contributed by atoms with Gasteiger partial charge in [-0.25, -0.2) is 8.42 Å². The number of carboxylic acids is 1. The molecule has 13 nitrogen and oxygen atoms in total. The van der Waals surface area contributed by atoms with Crippen LogP contribution in [-0.4, -0.2) is 65.2 Å². The molecule has 14 heteroatoms. The smallest absolute Gasteiger partial charge is 0.323 e. The molecule has 1 heterocycles. The Labute approximate surface area is 305 Å². The van der Waals surface area contributed by atoms with Gasteiger partial charge in [-0.2, -0.15) is 4.31 Å². The van der Waals surface area contributed by atoms with Gasteiger partial charge in [-0.3, -0.25) is 19.7 Å². The number of non-ortho nitro benzene ring substituents is 1. The first-order chi connectivity index (χ1) is 25.6. The molecule has 1 aliphatic heterocycles.